The number of H-pyrrole nitrogens is 1. The molecule has 3 amide bonds. The highest BCUT2D eigenvalue weighted by Crippen LogP contribution is 2.27. The van der Waals surface area contributed by atoms with E-state index in [1.54, 1.807) is 35.5 Å². The number of sulfonamides is 2. The van der Waals surface area contributed by atoms with Crippen molar-refractivity contribution >= 4 is 83.4 Å². The molecule has 1 saturated heterocycles. The number of aliphatic carboxylic acids is 4. The van der Waals surface area contributed by atoms with Crippen LogP contribution in [-0.4, -0.2) is 250 Å². The lowest BCUT2D eigenvalue weighted by Gasteiger charge is -2.33. The third kappa shape index (κ3) is 21.7. The van der Waals surface area contributed by atoms with E-state index in [1.165, 1.54) is 63.2 Å². The number of amides is 3. The number of rotatable bonds is 30. The number of hydrogen-bond acceptors (Lipinski definition) is 21. The van der Waals surface area contributed by atoms with Crippen LogP contribution in [0.2, 0.25) is 0 Å². The summed E-state index contributed by atoms with van der Waals surface area (Å²) < 4.78 is 91.1. The number of benzene rings is 3. The van der Waals surface area contributed by atoms with Gasteiger partial charge in [0.1, 0.15) is 17.8 Å². The SMILES string of the molecule is O=C(O)CN1CCN(CC(=O)O)CCN(CC(=O)N[C@@H](CS(=O)(=O)O)C(=O)NCCNS(=O)(=O)c2ccc(-c3ccc(S(=O)(=O)N[C@H](CNC(=O)c4ccc5c(c4)CNN5CCCNc4ncc[nH]4)C(=O)O)cc3)cc2)CCN(CC(=O)O)CC1. The Morgan fingerprint density at radius 3 is 1.65 bits per heavy atom. The lowest BCUT2D eigenvalue weighted by Crippen LogP contribution is -2.54. The summed E-state index contributed by atoms with van der Waals surface area (Å²) in [6, 6.07) is 11.9. The van der Waals surface area contributed by atoms with Crippen LogP contribution in [0, 0.1) is 0 Å². The number of fused-ring (bicyclic) bond motifs is 1. The second-order valence-electron chi connectivity index (χ2n) is 19.7. The minimum Gasteiger partial charge on any atom is -0.480 e. The van der Waals surface area contributed by atoms with E-state index in [0.717, 1.165) is 17.7 Å². The smallest absolute Gasteiger partial charge is 0.323 e. The van der Waals surface area contributed by atoms with Crippen molar-refractivity contribution in [3.05, 3.63) is 90.3 Å². The molecule has 0 spiro atoms. The van der Waals surface area contributed by atoms with E-state index >= 15 is 0 Å². The highest BCUT2D eigenvalue weighted by atomic mass is 32.2. The number of hydrazine groups is 1. The van der Waals surface area contributed by atoms with Crippen LogP contribution >= 0.6 is 0 Å². The van der Waals surface area contributed by atoms with Crippen molar-refractivity contribution in [2.75, 3.05) is 127 Å². The average molecular weight is 1250 g/mol. The van der Waals surface area contributed by atoms with Gasteiger partial charge in [0.25, 0.3) is 16.0 Å². The molecule has 0 unspecified atom stereocenters. The molecule has 35 heteroatoms. The molecule has 1 fully saturated rings. The number of carboxylic acids is 4. The van der Waals surface area contributed by atoms with Crippen molar-refractivity contribution in [2.45, 2.75) is 34.8 Å². The molecule has 6 rings (SSSR count). The van der Waals surface area contributed by atoms with E-state index in [9.17, 15) is 83.8 Å². The quantitative estimate of drug-likeness (QED) is 0.0181. The Bertz CT molecular complexity index is 3290. The van der Waals surface area contributed by atoms with Gasteiger partial charge in [-0.1, -0.05) is 24.3 Å². The largest absolute Gasteiger partial charge is 0.480 e. The second kappa shape index (κ2) is 30.9. The molecule has 2 atom stereocenters. The van der Waals surface area contributed by atoms with Crippen molar-refractivity contribution in [3.63, 3.8) is 0 Å². The Balaban J connectivity index is 0.976. The third-order valence-corrected chi connectivity index (χ3v) is 17.0. The van der Waals surface area contributed by atoms with Crippen molar-refractivity contribution in [2.24, 2.45) is 0 Å². The molecule has 0 bridgehead atoms. The summed E-state index contributed by atoms with van der Waals surface area (Å²) in [6.45, 7) is -0.862. The molecule has 13 N–H and O–H groups in total. The van der Waals surface area contributed by atoms with Gasteiger partial charge in [-0.15, -0.1) is 0 Å². The molecule has 32 nitrogen and oxygen atoms in total. The van der Waals surface area contributed by atoms with Crippen LogP contribution in [0.5, 0.6) is 0 Å². The highest BCUT2D eigenvalue weighted by Gasteiger charge is 2.30. The number of aromatic nitrogens is 2. The van der Waals surface area contributed by atoms with Crippen LogP contribution in [0.3, 0.4) is 0 Å². The summed E-state index contributed by atoms with van der Waals surface area (Å²) >= 11 is 0. The van der Waals surface area contributed by atoms with Gasteiger partial charge in [0, 0.05) is 110 Å². The van der Waals surface area contributed by atoms with Crippen LogP contribution in [-0.2, 0) is 65.5 Å². The van der Waals surface area contributed by atoms with Gasteiger partial charge in [0.2, 0.25) is 31.9 Å². The molecule has 0 radical (unpaired) electrons. The zero-order valence-electron chi connectivity index (χ0n) is 45.8. The fourth-order valence-corrected chi connectivity index (χ4v) is 11.9. The van der Waals surface area contributed by atoms with Crippen molar-refractivity contribution in [1.82, 2.24) is 60.4 Å². The van der Waals surface area contributed by atoms with Crippen LogP contribution in [0.25, 0.3) is 11.1 Å². The van der Waals surface area contributed by atoms with E-state index in [-0.39, 0.29) is 74.3 Å². The van der Waals surface area contributed by atoms with E-state index in [4.69, 9.17) is 0 Å². The Kier molecular flexibility index (Phi) is 24.2. The molecule has 4 aromatic rings. The maximum Gasteiger partial charge on any atom is 0.323 e. The topological polar surface area (TPSA) is 452 Å². The minimum absolute atomic E-state index is 0.0187. The molecule has 0 saturated carbocycles. The number of carboxylic acid groups (broad SMARTS) is 4. The number of carbonyl (C=O) groups excluding carboxylic acids is 3. The first-order valence-electron chi connectivity index (χ1n) is 26.4. The Labute approximate surface area is 489 Å². The first-order valence-corrected chi connectivity index (χ1v) is 31.0. The number of aromatic amines is 1. The third-order valence-electron chi connectivity index (χ3n) is 13.3. The maximum absolute atomic E-state index is 13.4. The van der Waals surface area contributed by atoms with E-state index in [1.807, 2.05) is 5.01 Å². The predicted octanol–water partition coefficient (Wildman–Crippen LogP) is -3.19. The van der Waals surface area contributed by atoms with Gasteiger partial charge in [-0.3, -0.25) is 57.7 Å². The second-order valence-corrected chi connectivity index (χ2v) is 24.6. The molecule has 2 aliphatic rings. The van der Waals surface area contributed by atoms with Crippen LogP contribution < -0.4 is 41.1 Å². The van der Waals surface area contributed by atoms with Crippen LogP contribution in [0.1, 0.15) is 22.3 Å². The summed E-state index contributed by atoms with van der Waals surface area (Å²) in [5.74, 6) is -8.30. The summed E-state index contributed by atoms with van der Waals surface area (Å²) in [6.07, 6.45) is 4.13. The monoisotopic (exact) mass is 1250 g/mol. The van der Waals surface area contributed by atoms with Crippen molar-refractivity contribution in [1.29, 1.82) is 0 Å². The van der Waals surface area contributed by atoms with Gasteiger partial charge < -0.3 is 51.7 Å². The van der Waals surface area contributed by atoms with Crippen LogP contribution in [0.15, 0.2) is 88.9 Å². The number of hydrogen-bond donors (Lipinski definition) is 13. The first-order chi connectivity index (χ1) is 40.2. The number of anilines is 2. The van der Waals surface area contributed by atoms with E-state index < -0.39 is 129 Å². The molecule has 3 heterocycles. The lowest BCUT2D eigenvalue weighted by molar-refractivity contribution is -0.140. The fraction of sp³-hybridized carbons (Fsp3) is 0.440. The number of imidazole rings is 1. The standard InChI is InChI=1S/C50H68N14O18S3/c65-43(29-60-18-20-61(30-44(66)67)22-24-63(32-46(70)71)25-23-62(21-19-60)31-45(68)69)58-41(33-83(76,77)78)48(73)51-15-16-57-84(79,80)38-7-2-34(3-8-38)35-4-9-39(10-5-35)85(81,82)59-40(49(74)75)28-55-47(72)36-6-11-42-37(26-36)27-56-64(42)17-1-12-52-50-53-13-14-54-50/h2-11,13-14,26,40-41,56-57,59H,1,12,15-25,27-33H2,(H,51,73)(H,55,72)(H,58,65)(H,66,67)(H,68,69)(H,70,71)(H,74,75)(H2,52,53,54)(H,76,77,78)/t40-,41+/m1/s1. The maximum atomic E-state index is 13.4. The summed E-state index contributed by atoms with van der Waals surface area (Å²) in [4.78, 5) is 99.4. The molecule has 3 aromatic carbocycles. The molecule has 1 aromatic heterocycles. The summed E-state index contributed by atoms with van der Waals surface area (Å²) in [7, 11) is -13.6. The molecular weight excluding hydrogens is 1180 g/mol. The molecule has 0 aliphatic carbocycles. The molecule has 85 heavy (non-hydrogen) atoms. The zero-order valence-corrected chi connectivity index (χ0v) is 48.2. The van der Waals surface area contributed by atoms with Gasteiger partial charge in [0.05, 0.1) is 41.7 Å². The van der Waals surface area contributed by atoms with E-state index in [2.05, 4.69) is 46.1 Å². The van der Waals surface area contributed by atoms with Gasteiger partial charge in [-0.2, -0.15) is 13.1 Å². The number of carbonyl (C=O) groups is 7. The summed E-state index contributed by atoms with van der Waals surface area (Å²) in [5.41, 5.74) is 6.11. The van der Waals surface area contributed by atoms with Gasteiger partial charge in [-0.05, 0) is 65.6 Å². The van der Waals surface area contributed by atoms with Gasteiger partial charge in [-0.25, -0.2) is 32.0 Å². The van der Waals surface area contributed by atoms with Gasteiger partial charge >= 0.3 is 23.9 Å². The average Bonchev–Trinajstić information content (AvgIpc) is 4.09. The predicted molar refractivity (Wildman–Crippen MR) is 303 cm³/mol. The zero-order chi connectivity index (χ0) is 61.9. The Morgan fingerprint density at radius 2 is 1.15 bits per heavy atom. The van der Waals surface area contributed by atoms with Crippen molar-refractivity contribution in [3.8, 4) is 11.1 Å². The van der Waals surface area contributed by atoms with E-state index in [0.29, 0.717) is 36.7 Å². The Morgan fingerprint density at radius 1 is 0.624 bits per heavy atom. The minimum atomic E-state index is -4.90. The lowest BCUT2D eigenvalue weighted by atomic mass is 10.1. The molecule has 464 valence electrons. The first kappa shape index (κ1) is 66.4. The molecular formula is C50H68N14O18S3. The van der Waals surface area contributed by atoms with Crippen molar-refractivity contribution < 1.29 is 83.8 Å². The van der Waals surface area contributed by atoms with Crippen LogP contribution in [0.4, 0.5) is 11.6 Å². The normalized spacial score (nSPS) is 16.0. The fourth-order valence-electron chi connectivity index (χ4n) is 8.99. The highest BCUT2D eigenvalue weighted by molar-refractivity contribution is 7.89. The molecule has 2 aliphatic heterocycles. The Hall–Kier alpha value is -7.71. The number of nitrogens with one attached hydrogen (secondary N) is 8. The van der Waals surface area contributed by atoms with Gasteiger partial charge in [0.15, 0.2) is 5.95 Å². The summed E-state index contributed by atoms with van der Waals surface area (Å²) in [5, 5.41) is 50.5. The number of nitrogens with zero attached hydrogens (tertiary/aromatic N) is 6.